The number of likely N-dealkylation sites (N-methyl/N-ethyl adjacent to an activating group) is 2. The topological polar surface area (TPSA) is 169 Å². The number of Topliss-reactive ketones (excluding diaryl/α,β-unsaturated/α-hetero) is 1. The van der Waals surface area contributed by atoms with Crippen LogP contribution in [0.15, 0.2) is 35.7 Å². The van der Waals surface area contributed by atoms with Crippen LogP contribution in [0.25, 0.3) is 0 Å². The van der Waals surface area contributed by atoms with Gasteiger partial charge in [-0.15, -0.1) is 0 Å². The molecule has 244 valence electrons. The van der Waals surface area contributed by atoms with Crippen LogP contribution in [0.4, 0.5) is 0 Å². The summed E-state index contributed by atoms with van der Waals surface area (Å²) in [6, 6.07) is -2.16. The maximum absolute atomic E-state index is 13.8. The fourth-order valence-corrected chi connectivity index (χ4v) is 5.08. The quantitative estimate of drug-likeness (QED) is 0.135. The summed E-state index contributed by atoms with van der Waals surface area (Å²) in [5.41, 5.74) is 0.442. The summed E-state index contributed by atoms with van der Waals surface area (Å²) in [6.45, 7) is 8.62. The third kappa shape index (κ3) is 9.95. The molecule has 2 aliphatic rings. The molecule has 0 spiro atoms. The summed E-state index contributed by atoms with van der Waals surface area (Å²) >= 11 is 0. The lowest BCUT2D eigenvalue weighted by molar-refractivity contribution is -0.149. The molecule has 0 aromatic heterocycles. The SMILES string of the molecule is CCN(CC(=O)C(=O)N[C@@H](C)C1=CCCC=C1)C(=O)C1CCCN1C(=O)C(NC(=O)CNC(=O)/C(=C/NC)NC)C(C)(C)C. The first-order chi connectivity index (χ1) is 20.7. The van der Waals surface area contributed by atoms with Crippen LogP contribution in [0.2, 0.25) is 0 Å². The average Bonchev–Trinajstić information content (AvgIpc) is 3.49. The van der Waals surface area contributed by atoms with Crippen LogP contribution >= 0.6 is 0 Å². The lowest BCUT2D eigenvalue weighted by Gasteiger charge is -2.36. The van der Waals surface area contributed by atoms with E-state index in [1.165, 1.54) is 16.0 Å². The summed E-state index contributed by atoms with van der Waals surface area (Å²) in [4.78, 5) is 80.8. The molecule has 2 rings (SSSR count). The molecular weight excluding hydrogens is 566 g/mol. The number of carbonyl (C=O) groups excluding carboxylic acids is 6. The largest absolute Gasteiger partial charge is 0.392 e. The Bertz CT molecular complexity index is 1190. The fraction of sp³-hybridized carbons (Fsp3) is 0.613. The highest BCUT2D eigenvalue weighted by molar-refractivity contribution is 6.37. The molecule has 0 aromatic carbocycles. The Kier molecular flexibility index (Phi) is 13.6. The summed E-state index contributed by atoms with van der Waals surface area (Å²) in [7, 11) is 3.21. The van der Waals surface area contributed by atoms with Crippen LogP contribution in [0.1, 0.15) is 60.3 Å². The molecular formula is C31H49N7O6. The number of hydrogen-bond acceptors (Lipinski definition) is 8. The second kappa shape index (κ2) is 16.6. The van der Waals surface area contributed by atoms with Gasteiger partial charge in [0.15, 0.2) is 0 Å². The molecule has 1 heterocycles. The molecule has 13 nitrogen and oxygen atoms in total. The maximum Gasteiger partial charge on any atom is 0.289 e. The van der Waals surface area contributed by atoms with E-state index in [-0.39, 0.29) is 24.8 Å². The fourth-order valence-electron chi connectivity index (χ4n) is 5.08. The van der Waals surface area contributed by atoms with Gasteiger partial charge in [-0.25, -0.2) is 0 Å². The van der Waals surface area contributed by atoms with Gasteiger partial charge in [0, 0.05) is 33.4 Å². The van der Waals surface area contributed by atoms with E-state index in [4.69, 9.17) is 0 Å². The molecule has 3 atom stereocenters. The van der Waals surface area contributed by atoms with Crippen molar-refractivity contribution in [3.05, 3.63) is 35.7 Å². The van der Waals surface area contributed by atoms with E-state index >= 15 is 0 Å². The number of likely N-dealkylation sites (tertiary alicyclic amines) is 1. The van der Waals surface area contributed by atoms with Crippen molar-refractivity contribution in [3.8, 4) is 0 Å². The first kappa shape index (κ1) is 36.0. The molecule has 13 heteroatoms. The lowest BCUT2D eigenvalue weighted by Crippen LogP contribution is -2.59. The summed E-state index contributed by atoms with van der Waals surface area (Å²) < 4.78 is 0. The van der Waals surface area contributed by atoms with Gasteiger partial charge in [-0.2, -0.15) is 0 Å². The number of nitrogens with one attached hydrogen (secondary N) is 5. The van der Waals surface area contributed by atoms with Crippen molar-refractivity contribution in [3.63, 3.8) is 0 Å². The van der Waals surface area contributed by atoms with Crippen LogP contribution in [-0.4, -0.2) is 104 Å². The summed E-state index contributed by atoms with van der Waals surface area (Å²) in [6.07, 6.45) is 10.2. The van der Waals surface area contributed by atoms with E-state index in [0.717, 1.165) is 18.4 Å². The predicted octanol–water partition coefficient (Wildman–Crippen LogP) is 0.103. The monoisotopic (exact) mass is 615 g/mol. The van der Waals surface area contributed by atoms with Gasteiger partial charge in [0.1, 0.15) is 17.8 Å². The second-order valence-corrected chi connectivity index (χ2v) is 12.0. The number of amides is 5. The minimum atomic E-state index is -0.982. The highest BCUT2D eigenvalue weighted by atomic mass is 16.2. The highest BCUT2D eigenvalue weighted by Gasteiger charge is 2.43. The first-order valence-corrected chi connectivity index (χ1v) is 15.2. The van der Waals surface area contributed by atoms with Gasteiger partial charge in [-0.3, -0.25) is 28.8 Å². The number of allylic oxidation sites excluding steroid dienone is 2. The van der Waals surface area contributed by atoms with Gasteiger partial charge in [0.25, 0.3) is 11.8 Å². The minimum Gasteiger partial charge on any atom is -0.392 e. The molecule has 0 saturated carbocycles. The first-order valence-electron chi connectivity index (χ1n) is 15.2. The number of rotatable bonds is 14. The number of ketones is 1. The molecule has 0 bridgehead atoms. The smallest absolute Gasteiger partial charge is 0.289 e. The summed E-state index contributed by atoms with van der Waals surface area (Å²) in [5, 5.41) is 13.4. The molecule has 0 aromatic rings. The maximum atomic E-state index is 13.8. The Hall–Kier alpha value is -4.16. The van der Waals surface area contributed by atoms with E-state index in [2.05, 4.69) is 26.6 Å². The van der Waals surface area contributed by atoms with Crippen molar-refractivity contribution in [2.24, 2.45) is 5.41 Å². The van der Waals surface area contributed by atoms with Crippen LogP contribution < -0.4 is 26.6 Å². The molecule has 5 N–H and O–H groups in total. The average molecular weight is 616 g/mol. The number of carbonyl (C=O) groups is 6. The third-order valence-corrected chi connectivity index (χ3v) is 7.60. The van der Waals surface area contributed by atoms with E-state index in [0.29, 0.717) is 19.4 Å². The van der Waals surface area contributed by atoms with Crippen LogP contribution in [-0.2, 0) is 28.8 Å². The van der Waals surface area contributed by atoms with Gasteiger partial charge < -0.3 is 36.4 Å². The molecule has 44 heavy (non-hydrogen) atoms. The Labute approximate surface area is 260 Å². The van der Waals surface area contributed by atoms with Crippen molar-refractivity contribution in [2.45, 2.75) is 78.4 Å². The van der Waals surface area contributed by atoms with E-state index in [1.807, 2.05) is 18.2 Å². The van der Waals surface area contributed by atoms with Crippen LogP contribution in [0, 0.1) is 5.41 Å². The van der Waals surface area contributed by atoms with Crippen molar-refractivity contribution in [2.75, 3.05) is 40.3 Å². The van der Waals surface area contributed by atoms with Crippen LogP contribution in [0.5, 0.6) is 0 Å². The van der Waals surface area contributed by atoms with E-state index < -0.39 is 59.4 Å². The van der Waals surface area contributed by atoms with Crippen molar-refractivity contribution in [1.82, 2.24) is 36.4 Å². The number of nitrogens with zero attached hydrogens (tertiary/aromatic N) is 2. The molecule has 5 amide bonds. The normalized spacial score (nSPS) is 18.0. The molecule has 2 unspecified atom stereocenters. The zero-order chi connectivity index (χ0) is 33.0. The number of hydrogen-bond donors (Lipinski definition) is 5. The minimum absolute atomic E-state index is 0.176. The van der Waals surface area contributed by atoms with Crippen molar-refractivity contribution < 1.29 is 28.8 Å². The Morgan fingerprint density at radius 3 is 2.34 bits per heavy atom. The zero-order valence-electron chi connectivity index (χ0n) is 27.0. The van der Waals surface area contributed by atoms with E-state index in [9.17, 15) is 28.8 Å². The zero-order valence-corrected chi connectivity index (χ0v) is 27.0. The molecule has 1 saturated heterocycles. The Balaban J connectivity index is 2.08. The molecule has 0 radical (unpaired) electrons. The van der Waals surface area contributed by atoms with Gasteiger partial charge in [-0.05, 0) is 50.5 Å². The van der Waals surface area contributed by atoms with Crippen molar-refractivity contribution >= 4 is 35.3 Å². The molecule has 1 fully saturated rings. The predicted molar refractivity (Wildman–Crippen MR) is 167 cm³/mol. The third-order valence-electron chi connectivity index (χ3n) is 7.60. The Morgan fingerprint density at radius 2 is 1.77 bits per heavy atom. The van der Waals surface area contributed by atoms with Gasteiger partial charge in [-0.1, -0.05) is 39.0 Å². The summed E-state index contributed by atoms with van der Waals surface area (Å²) in [5.74, 6) is -3.42. The standard InChI is InChI=1S/C31H49N7O6/c1-8-37(19-24(39)28(42)35-20(2)21-13-10-9-11-14-21)29(43)23-15-12-16-38(23)30(44)26(31(3,4)5)36-25(40)18-34-27(41)22(33-7)17-32-6/h10,13-14,17,20,23,26,32-33H,8-9,11-12,15-16,18-19H2,1-7H3,(H,34,41)(H,35,42)(H,36,40)/b22-17-/t20-,23?,26?/m0/s1. The van der Waals surface area contributed by atoms with E-state index in [1.54, 1.807) is 48.7 Å². The Morgan fingerprint density at radius 1 is 1.07 bits per heavy atom. The van der Waals surface area contributed by atoms with Crippen LogP contribution in [0.3, 0.4) is 0 Å². The highest BCUT2D eigenvalue weighted by Crippen LogP contribution is 2.26. The van der Waals surface area contributed by atoms with Crippen molar-refractivity contribution in [1.29, 1.82) is 0 Å². The van der Waals surface area contributed by atoms with Gasteiger partial charge >= 0.3 is 0 Å². The second-order valence-electron chi connectivity index (χ2n) is 12.0. The lowest BCUT2D eigenvalue weighted by atomic mass is 9.85. The van der Waals surface area contributed by atoms with Gasteiger partial charge in [0.05, 0.1) is 19.1 Å². The molecule has 1 aliphatic heterocycles. The van der Waals surface area contributed by atoms with Gasteiger partial charge in [0.2, 0.25) is 23.5 Å². The molecule has 1 aliphatic carbocycles.